The molecule has 0 saturated heterocycles. The molecule has 0 aliphatic rings. The Balaban J connectivity index is 2.09. The van der Waals surface area contributed by atoms with E-state index in [1.165, 1.54) is 0 Å². The summed E-state index contributed by atoms with van der Waals surface area (Å²) in [6, 6.07) is 6.74. The smallest absolute Gasteiger partial charge is 0.421 e. The Morgan fingerprint density at radius 3 is 2.61 bits per heavy atom. The van der Waals surface area contributed by atoms with Crippen LogP contribution in [0.15, 0.2) is 24.3 Å². The Labute approximate surface area is 192 Å². The van der Waals surface area contributed by atoms with Crippen LogP contribution in [0.4, 0.5) is 4.79 Å². The van der Waals surface area contributed by atoms with Crippen LogP contribution in [0.25, 0.3) is 0 Å². The molecule has 2 rings (SSSR count). The first kappa shape index (κ1) is 25.3. The summed E-state index contributed by atoms with van der Waals surface area (Å²) in [6.07, 6.45) is 0.973. The molecule has 0 unspecified atom stereocenters. The van der Waals surface area contributed by atoms with Gasteiger partial charge in [-0.25, -0.2) is 17.9 Å². The van der Waals surface area contributed by atoms with Crippen molar-refractivity contribution >= 4 is 39.3 Å². The molecule has 0 saturated carbocycles. The average molecular weight is 492 g/mol. The third-order valence-electron chi connectivity index (χ3n) is 4.14. The highest BCUT2D eigenvalue weighted by atomic mass is 35.5. The highest BCUT2D eigenvalue weighted by molar-refractivity contribution is 7.90. The molecule has 31 heavy (non-hydrogen) atoms. The van der Waals surface area contributed by atoms with Gasteiger partial charge in [0.05, 0.1) is 24.1 Å². The van der Waals surface area contributed by atoms with Gasteiger partial charge in [0, 0.05) is 16.1 Å². The zero-order valence-electron chi connectivity index (χ0n) is 17.7. The Hall–Kier alpha value is -1.97. The fourth-order valence-electron chi connectivity index (χ4n) is 2.68. The van der Waals surface area contributed by atoms with Gasteiger partial charge in [-0.3, -0.25) is 4.68 Å². The van der Waals surface area contributed by atoms with Crippen molar-refractivity contribution in [2.45, 2.75) is 59.3 Å². The number of hydrogen-bond donors (Lipinski definition) is 1. The number of nitrogens with zero attached hydrogens (tertiary/aromatic N) is 2. The third-order valence-corrected chi connectivity index (χ3v) is 6.03. The number of carbonyl (C=O) groups excluding carboxylic acids is 1. The van der Waals surface area contributed by atoms with E-state index in [-0.39, 0.29) is 25.0 Å². The highest BCUT2D eigenvalue weighted by Crippen LogP contribution is 2.23. The van der Waals surface area contributed by atoms with Gasteiger partial charge in [0.1, 0.15) is 6.61 Å². The lowest BCUT2D eigenvalue weighted by molar-refractivity contribution is 0.143. The molecular weight excluding hydrogens is 465 g/mol. The van der Waals surface area contributed by atoms with Crippen LogP contribution in [0.1, 0.15) is 51.3 Å². The minimum Gasteiger partial charge on any atom is -0.474 e. The largest absolute Gasteiger partial charge is 0.474 e. The van der Waals surface area contributed by atoms with Crippen molar-refractivity contribution in [2.24, 2.45) is 0 Å². The molecular formula is C20H27Cl2N3O5S. The van der Waals surface area contributed by atoms with E-state index < -0.39 is 16.1 Å². The van der Waals surface area contributed by atoms with Crippen LogP contribution >= 0.6 is 23.2 Å². The van der Waals surface area contributed by atoms with E-state index in [1.807, 2.05) is 25.5 Å². The van der Waals surface area contributed by atoms with Crippen molar-refractivity contribution in [3.63, 3.8) is 0 Å². The lowest BCUT2D eigenvalue weighted by Crippen LogP contribution is -2.33. The Bertz CT molecular complexity index is 993. The molecule has 0 fully saturated rings. The van der Waals surface area contributed by atoms with Gasteiger partial charge in [0.15, 0.2) is 0 Å². The molecule has 1 N–H and O–H groups in total. The van der Waals surface area contributed by atoms with Crippen LogP contribution in [0.5, 0.6) is 5.88 Å². The second-order valence-electron chi connectivity index (χ2n) is 7.24. The molecule has 11 heteroatoms. The molecule has 0 bridgehead atoms. The second kappa shape index (κ2) is 11.6. The molecule has 1 aromatic carbocycles. The number of benzene rings is 1. The Morgan fingerprint density at radius 2 is 1.97 bits per heavy atom. The lowest BCUT2D eigenvalue weighted by Gasteiger charge is -2.11. The molecule has 1 heterocycles. The number of unbranched alkanes of at least 4 members (excludes halogenated alkanes) is 2. The topological polar surface area (TPSA) is 99.5 Å². The Kier molecular flexibility index (Phi) is 9.46. The van der Waals surface area contributed by atoms with Crippen molar-refractivity contribution in [2.75, 3.05) is 5.75 Å². The highest BCUT2D eigenvalue weighted by Gasteiger charge is 2.18. The van der Waals surface area contributed by atoms with Crippen LogP contribution in [0.2, 0.25) is 10.0 Å². The Morgan fingerprint density at radius 1 is 1.23 bits per heavy atom. The number of sulfonamides is 1. The van der Waals surface area contributed by atoms with E-state index >= 15 is 0 Å². The zero-order chi connectivity index (χ0) is 23.0. The van der Waals surface area contributed by atoms with Crippen LogP contribution < -0.4 is 9.46 Å². The molecule has 172 valence electrons. The molecule has 1 aromatic heterocycles. The number of rotatable bonds is 11. The maximum Gasteiger partial charge on any atom is 0.421 e. The van der Waals surface area contributed by atoms with E-state index in [4.69, 9.17) is 32.7 Å². The summed E-state index contributed by atoms with van der Waals surface area (Å²) < 4.78 is 38.1. The van der Waals surface area contributed by atoms with Gasteiger partial charge in [0.25, 0.3) is 0 Å². The SMILES string of the molecule is CCCCCS(=O)(=O)NC(=O)OCc1cc(OC(C)C)nn1Cc1ccc(Cl)cc1Cl. The van der Waals surface area contributed by atoms with Gasteiger partial charge >= 0.3 is 6.09 Å². The number of nitrogens with one attached hydrogen (secondary N) is 1. The van der Waals surface area contributed by atoms with E-state index in [0.29, 0.717) is 28.0 Å². The predicted octanol–water partition coefficient (Wildman–Crippen LogP) is 4.77. The van der Waals surface area contributed by atoms with E-state index in [9.17, 15) is 13.2 Å². The van der Waals surface area contributed by atoms with Crippen LogP contribution in [-0.4, -0.2) is 36.1 Å². The fourth-order valence-corrected chi connectivity index (χ4v) is 4.15. The van der Waals surface area contributed by atoms with Crippen molar-refractivity contribution < 1.29 is 22.7 Å². The summed E-state index contributed by atoms with van der Waals surface area (Å²) in [5.74, 6) is 0.223. The maximum absolute atomic E-state index is 12.0. The number of amides is 1. The summed E-state index contributed by atoms with van der Waals surface area (Å²) in [4.78, 5) is 12.0. The number of carbonyl (C=O) groups is 1. The van der Waals surface area contributed by atoms with Crippen molar-refractivity contribution in [1.29, 1.82) is 0 Å². The summed E-state index contributed by atoms with van der Waals surface area (Å²) in [7, 11) is -3.74. The third kappa shape index (κ3) is 8.59. The van der Waals surface area contributed by atoms with E-state index in [0.717, 1.165) is 18.4 Å². The number of hydrogen-bond acceptors (Lipinski definition) is 6. The maximum atomic E-state index is 12.0. The molecule has 0 aliphatic carbocycles. The first-order chi connectivity index (χ1) is 14.6. The number of halogens is 2. The standard InChI is InChI=1S/C20H27Cl2N3O5S/c1-4-5-6-9-31(27,28)24-20(26)29-13-17-11-19(30-14(2)3)23-25(17)12-15-7-8-16(21)10-18(15)22/h7-8,10-11,14H,4-6,9,12-13H2,1-3H3,(H,24,26). The minimum absolute atomic E-state index is 0.104. The van der Waals surface area contributed by atoms with Gasteiger partial charge in [-0.05, 0) is 38.0 Å². The molecule has 0 atom stereocenters. The monoisotopic (exact) mass is 491 g/mol. The number of aromatic nitrogens is 2. The minimum atomic E-state index is -3.74. The molecule has 0 radical (unpaired) electrons. The number of ether oxygens (including phenoxy) is 2. The van der Waals surface area contributed by atoms with Gasteiger partial charge < -0.3 is 9.47 Å². The van der Waals surface area contributed by atoms with Gasteiger partial charge in [-0.1, -0.05) is 49.0 Å². The van der Waals surface area contributed by atoms with Gasteiger partial charge in [0.2, 0.25) is 15.9 Å². The van der Waals surface area contributed by atoms with Crippen molar-refractivity contribution in [1.82, 2.24) is 14.5 Å². The molecule has 1 amide bonds. The summed E-state index contributed by atoms with van der Waals surface area (Å²) >= 11 is 12.2. The lowest BCUT2D eigenvalue weighted by atomic mass is 10.2. The van der Waals surface area contributed by atoms with E-state index in [2.05, 4.69) is 5.10 Å². The predicted molar refractivity (Wildman–Crippen MR) is 120 cm³/mol. The normalized spacial score (nSPS) is 11.5. The quantitative estimate of drug-likeness (QED) is 0.454. The van der Waals surface area contributed by atoms with E-state index in [1.54, 1.807) is 28.9 Å². The van der Waals surface area contributed by atoms with Crippen LogP contribution in [-0.2, 0) is 27.9 Å². The summed E-state index contributed by atoms with van der Waals surface area (Å²) in [6.45, 7) is 5.78. The molecule has 0 spiro atoms. The molecule has 0 aliphatic heterocycles. The van der Waals surface area contributed by atoms with Crippen molar-refractivity contribution in [3.8, 4) is 5.88 Å². The molecule has 2 aromatic rings. The summed E-state index contributed by atoms with van der Waals surface area (Å²) in [5, 5.41) is 5.37. The zero-order valence-corrected chi connectivity index (χ0v) is 20.1. The summed E-state index contributed by atoms with van der Waals surface area (Å²) in [5.41, 5.74) is 1.27. The van der Waals surface area contributed by atoms with Gasteiger partial charge in [-0.2, -0.15) is 0 Å². The second-order valence-corrected chi connectivity index (χ2v) is 9.92. The first-order valence-corrected chi connectivity index (χ1v) is 12.3. The van der Waals surface area contributed by atoms with Crippen LogP contribution in [0.3, 0.4) is 0 Å². The molecule has 8 nitrogen and oxygen atoms in total. The first-order valence-electron chi connectivity index (χ1n) is 9.94. The van der Waals surface area contributed by atoms with Crippen molar-refractivity contribution in [3.05, 3.63) is 45.6 Å². The average Bonchev–Trinajstić information content (AvgIpc) is 3.02. The van der Waals surface area contributed by atoms with Gasteiger partial charge in [-0.15, -0.1) is 5.10 Å². The van der Waals surface area contributed by atoms with Crippen LogP contribution in [0, 0.1) is 0 Å². The fraction of sp³-hybridized carbons (Fsp3) is 0.500.